The van der Waals surface area contributed by atoms with E-state index in [9.17, 15) is 18.0 Å². The summed E-state index contributed by atoms with van der Waals surface area (Å²) in [7, 11) is -3.55. The summed E-state index contributed by atoms with van der Waals surface area (Å²) in [5, 5.41) is 2.90. The van der Waals surface area contributed by atoms with Crippen molar-refractivity contribution in [3.05, 3.63) is 59.7 Å². The van der Waals surface area contributed by atoms with E-state index in [1.54, 1.807) is 48.5 Å². The van der Waals surface area contributed by atoms with Gasteiger partial charge >= 0.3 is 0 Å². The summed E-state index contributed by atoms with van der Waals surface area (Å²) in [6.45, 7) is 7.06. The molecule has 0 bridgehead atoms. The van der Waals surface area contributed by atoms with Gasteiger partial charge in [-0.2, -0.15) is 0 Å². The first kappa shape index (κ1) is 24.1. The normalized spacial score (nSPS) is 18.2. The summed E-state index contributed by atoms with van der Waals surface area (Å²) in [6, 6.07) is 13.3. The maximum atomic E-state index is 12.7. The van der Waals surface area contributed by atoms with Crippen molar-refractivity contribution in [3.8, 4) is 0 Å². The van der Waals surface area contributed by atoms with Crippen molar-refractivity contribution in [1.82, 2.24) is 9.62 Å². The molecule has 1 aliphatic rings. The second-order valence-corrected chi connectivity index (χ2v) is 10.2. The zero-order valence-electron chi connectivity index (χ0n) is 18.8. The van der Waals surface area contributed by atoms with Gasteiger partial charge in [0.05, 0.1) is 10.9 Å². The number of rotatable bonds is 8. The summed E-state index contributed by atoms with van der Waals surface area (Å²) in [4.78, 5) is 26.5. The van der Waals surface area contributed by atoms with Crippen LogP contribution in [0.2, 0.25) is 0 Å². The van der Waals surface area contributed by atoms with Gasteiger partial charge in [0.25, 0.3) is 0 Å². The first-order chi connectivity index (χ1) is 15.2. The van der Waals surface area contributed by atoms with Crippen LogP contribution in [-0.2, 0) is 14.8 Å². The molecule has 7 nitrogen and oxygen atoms in total. The number of carbonyl (C=O) groups excluding carboxylic acids is 2. The number of amides is 1. The molecule has 3 rings (SSSR count). The van der Waals surface area contributed by atoms with E-state index in [2.05, 4.69) is 14.9 Å². The largest absolute Gasteiger partial charge is 0.325 e. The first-order valence-corrected chi connectivity index (χ1v) is 12.4. The smallest absolute Gasteiger partial charge is 0.241 e. The third-order valence-electron chi connectivity index (χ3n) is 5.93. The number of sulfonamides is 1. The molecule has 1 fully saturated rings. The standard InChI is InChI=1S/C24H31N3O4S/c1-17-6-12-23(13-7-17)32(30,31)25-15-20-5-4-14-27(16-20)18(2)24(29)26-22-10-8-21(9-11-22)19(3)28/h6-13,18,20,25H,4-5,14-16H2,1-3H3,(H,26,29). The summed E-state index contributed by atoms with van der Waals surface area (Å²) < 4.78 is 27.9. The number of piperidine rings is 1. The molecule has 1 amide bonds. The molecule has 32 heavy (non-hydrogen) atoms. The minimum atomic E-state index is -3.55. The van der Waals surface area contributed by atoms with Crippen molar-refractivity contribution in [2.45, 2.75) is 44.6 Å². The van der Waals surface area contributed by atoms with Crippen molar-refractivity contribution in [2.75, 3.05) is 25.0 Å². The van der Waals surface area contributed by atoms with Gasteiger partial charge in [-0.1, -0.05) is 17.7 Å². The van der Waals surface area contributed by atoms with Crippen LogP contribution in [0.5, 0.6) is 0 Å². The Morgan fingerprint density at radius 3 is 2.38 bits per heavy atom. The Labute approximate surface area is 190 Å². The zero-order chi connectivity index (χ0) is 23.3. The average Bonchev–Trinajstić information content (AvgIpc) is 2.78. The monoisotopic (exact) mass is 457 g/mol. The highest BCUT2D eigenvalue weighted by atomic mass is 32.2. The van der Waals surface area contributed by atoms with Crippen LogP contribution < -0.4 is 10.0 Å². The van der Waals surface area contributed by atoms with E-state index in [-0.39, 0.29) is 28.5 Å². The molecule has 1 aliphatic heterocycles. The Bertz CT molecular complexity index is 1050. The molecule has 0 radical (unpaired) electrons. The van der Waals surface area contributed by atoms with Crippen molar-refractivity contribution in [1.29, 1.82) is 0 Å². The van der Waals surface area contributed by atoms with Crippen molar-refractivity contribution in [2.24, 2.45) is 5.92 Å². The second-order valence-electron chi connectivity index (χ2n) is 8.47. The molecule has 1 heterocycles. The van der Waals surface area contributed by atoms with Gasteiger partial charge in [-0.15, -0.1) is 0 Å². The number of nitrogens with zero attached hydrogens (tertiary/aromatic N) is 1. The molecular weight excluding hydrogens is 426 g/mol. The van der Waals surface area contributed by atoms with E-state index in [1.807, 2.05) is 13.8 Å². The number of carbonyl (C=O) groups is 2. The lowest BCUT2D eigenvalue weighted by Gasteiger charge is -2.36. The highest BCUT2D eigenvalue weighted by Gasteiger charge is 2.28. The van der Waals surface area contributed by atoms with Gasteiger partial charge in [0.2, 0.25) is 15.9 Å². The number of ketones is 1. The quantitative estimate of drug-likeness (QED) is 0.594. The average molecular weight is 458 g/mol. The van der Waals surface area contributed by atoms with Gasteiger partial charge in [0.15, 0.2) is 5.78 Å². The SMILES string of the molecule is CC(=O)c1ccc(NC(=O)C(C)N2CCCC(CNS(=O)(=O)c3ccc(C)cc3)C2)cc1. The van der Waals surface area contributed by atoms with Gasteiger partial charge in [-0.3, -0.25) is 14.5 Å². The van der Waals surface area contributed by atoms with Crippen LogP contribution in [0, 0.1) is 12.8 Å². The van der Waals surface area contributed by atoms with E-state index in [0.29, 0.717) is 24.3 Å². The maximum Gasteiger partial charge on any atom is 0.241 e. The molecule has 0 spiro atoms. The molecule has 1 saturated heterocycles. The molecule has 8 heteroatoms. The number of hydrogen-bond acceptors (Lipinski definition) is 5. The second kappa shape index (κ2) is 10.4. The topological polar surface area (TPSA) is 95.6 Å². The molecule has 0 aliphatic carbocycles. The molecule has 172 valence electrons. The third-order valence-corrected chi connectivity index (χ3v) is 7.37. The molecule has 2 aromatic rings. The highest BCUT2D eigenvalue weighted by molar-refractivity contribution is 7.89. The number of hydrogen-bond donors (Lipinski definition) is 2. The van der Waals surface area contributed by atoms with Crippen LogP contribution in [0.25, 0.3) is 0 Å². The molecule has 2 unspecified atom stereocenters. The van der Waals surface area contributed by atoms with Crippen LogP contribution in [0.3, 0.4) is 0 Å². The summed E-state index contributed by atoms with van der Waals surface area (Å²) in [5.74, 6) is -0.0101. The highest BCUT2D eigenvalue weighted by Crippen LogP contribution is 2.20. The Morgan fingerprint density at radius 1 is 1.09 bits per heavy atom. The van der Waals surface area contributed by atoms with Crippen LogP contribution in [-0.4, -0.2) is 50.7 Å². The van der Waals surface area contributed by atoms with E-state index < -0.39 is 10.0 Å². The lowest BCUT2D eigenvalue weighted by Crippen LogP contribution is -2.48. The van der Waals surface area contributed by atoms with Crippen LogP contribution >= 0.6 is 0 Å². The number of anilines is 1. The van der Waals surface area contributed by atoms with Crippen LogP contribution in [0.15, 0.2) is 53.4 Å². The molecular formula is C24H31N3O4S. The number of Topliss-reactive ketones (excluding diaryl/α,β-unsaturated/α-hetero) is 1. The van der Waals surface area contributed by atoms with Gasteiger partial charge in [0, 0.05) is 24.3 Å². The Balaban J connectivity index is 1.54. The van der Waals surface area contributed by atoms with Crippen LogP contribution in [0.1, 0.15) is 42.6 Å². The predicted molar refractivity (Wildman–Crippen MR) is 125 cm³/mol. The summed E-state index contributed by atoms with van der Waals surface area (Å²) in [6.07, 6.45) is 1.82. The number of aryl methyl sites for hydroxylation is 1. The van der Waals surface area contributed by atoms with Crippen molar-refractivity contribution in [3.63, 3.8) is 0 Å². The Hall–Kier alpha value is -2.55. The Morgan fingerprint density at radius 2 is 1.75 bits per heavy atom. The lowest BCUT2D eigenvalue weighted by molar-refractivity contribution is -0.121. The van der Waals surface area contributed by atoms with Gasteiger partial charge < -0.3 is 5.32 Å². The predicted octanol–water partition coefficient (Wildman–Crippen LogP) is 3.22. The summed E-state index contributed by atoms with van der Waals surface area (Å²) >= 11 is 0. The summed E-state index contributed by atoms with van der Waals surface area (Å²) in [5.41, 5.74) is 2.25. The van der Waals surface area contributed by atoms with E-state index in [1.165, 1.54) is 6.92 Å². The van der Waals surface area contributed by atoms with Gasteiger partial charge in [0.1, 0.15) is 0 Å². The van der Waals surface area contributed by atoms with Crippen LogP contribution in [0.4, 0.5) is 5.69 Å². The minimum Gasteiger partial charge on any atom is -0.325 e. The number of likely N-dealkylation sites (tertiary alicyclic amines) is 1. The fourth-order valence-electron chi connectivity index (χ4n) is 3.84. The van der Waals surface area contributed by atoms with Gasteiger partial charge in [-0.05, 0) is 82.5 Å². The van der Waals surface area contributed by atoms with Crippen molar-refractivity contribution < 1.29 is 18.0 Å². The fourth-order valence-corrected chi connectivity index (χ4v) is 4.96. The first-order valence-electron chi connectivity index (χ1n) is 10.9. The molecule has 2 atom stereocenters. The van der Waals surface area contributed by atoms with E-state index in [4.69, 9.17) is 0 Å². The van der Waals surface area contributed by atoms with Crippen molar-refractivity contribution >= 4 is 27.4 Å². The molecule has 2 N–H and O–H groups in total. The Kier molecular flexibility index (Phi) is 7.82. The lowest BCUT2D eigenvalue weighted by atomic mass is 9.97. The van der Waals surface area contributed by atoms with E-state index >= 15 is 0 Å². The fraction of sp³-hybridized carbons (Fsp3) is 0.417. The zero-order valence-corrected chi connectivity index (χ0v) is 19.6. The maximum absolute atomic E-state index is 12.7. The minimum absolute atomic E-state index is 0.0198. The van der Waals surface area contributed by atoms with E-state index in [0.717, 1.165) is 24.9 Å². The molecule has 0 saturated carbocycles. The third kappa shape index (κ3) is 6.25. The number of nitrogens with one attached hydrogen (secondary N) is 2. The van der Waals surface area contributed by atoms with Gasteiger partial charge in [-0.25, -0.2) is 13.1 Å². The molecule has 0 aromatic heterocycles. The number of benzene rings is 2. The molecule has 2 aromatic carbocycles.